The zero-order valence-corrected chi connectivity index (χ0v) is 25.0. The van der Waals surface area contributed by atoms with Gasteiger partial charge in [0.25, 0.3) is 11.8 Å². The Hall–Kier alpha value is -4.27. The molecule has 2 fully saturated rings. The van der Waals surface area contributed by atoms with E-state index in [1.165, 1.54) is 6.07 Å². The number of halogens is 6. The first kappa shape index (κ1) is 31.7. The van der Waals surface area contributed by atoms with Crippen LogP contribution in [0.25, 0.3) is 22.4 Å². The highest BCUT2D eigenvalue weighted by Crippen LogP contribution is 2.35. The Bertz CT molecular complexity index is 1680. The number of piperidine rings is 2. The van der Waals surface area contributed by atoms with Crippen molar-refractivity contribution < 1.29 is 35.7 Å². The normalized spacial score (nSPS) is 20.6. The third-order valence-electron chi connectivity index (χ3n) is 8.46. The first-order valence-electron chi connectivity index (χ1n) is 15.0. The number of benzene rings is 2. The Balaban J connectivity index is 1.17. The lowest BCUT2D eigenvalue weighted by Gasteiger charge is -2.33. The van der Waals surface area contributed by atoms with E-state index < -0.39 is 36.8 Å². The number of carbonyl (C=O) groups excluding carboxylic acids is 1. The van der Waals surface area contributed by atoms with Gasteiger partial charge in [-0.3, -0.25) is 4.79 Å². The highest BCUT2D eigenvalue weighted by molar-refractivity contribution is 5.96. The number of anilines is 2. The molecule has 6 rings (SSSR count). The molecule has 0 spiro atoms. The van der Waals surface area contributed by atoms with E-state index in [0.717, 1.165) is 10.3 Å². The summed E-state index contributed by atoms with van der Waals surface area (Å²) in [6, 6.07) is 12.4. The molecule has 4 heterocycles. The molecule has 2 saturated heterocycles. The molecule has 0 unspecified atom stereocenters. The number of hydrogen-bond donors (Lipinski definition) is 2. The zero-order chi connectivity index (χ0) is 32.6. The van der Waals surface area contributed by atoms with Gasteiger partial charge in [0.1, 0.15) is 12.7 Å². The van der Waals surface area contributed by atoms with E-state index in [0.29, 0.717) is 29.6 Å². The van der Waals surface area contributed by atoms with E-state index in [-0.39, 0.29) is 61.9 Å². The van der Waals surface area contributed by atoms with E-state index in [9.17, 15) is 31.1 Å². The number of nitrogens with one attached hydrogen (secondary N) is 2. The first-order valence-corrected chi connectivity index (χ1v) is 15.0. The van der Waals surface area contributed by atoms with Gasteiger partial charge in [0, 0.05) is 61.3 Å². The predicted octanol–water partition coefficient (Wildman–Crippen LogP) is 5.87. The third-order valence-corrected chi connectivity index (χ3v) is 8.46. The standard InChI is InChI=1S/C31H33F6N7O2/c1-42-12-9-24(22(32)17-42)39-23-3-2-4-25-21(23)15-26(44(25)18-31(35,36)37)28-40-27(46-41-28)16-38-29(45)19-5-7-20(8-6-19)43-13-10-30(33,34)11-14-43/h2-8,15,22,24,39H,9-14,16-18H2,1H3,(H,38,45)/t22-,24+/m0/s1. The largest absolute Gasteiger partial charge is 0.406 e. The van der Waals surface area contributed by atoms with Crippen LogP contribution in [-0.4, -0.2) is 83.1 Å². The van der Waals surface area contributed by atoms with Crippen molar-refractivity contribution in [3.8, 4) is 11.5 Å². The fraction of sp³-hybridized carbons (Fsp3) is 0.452. The zero-order valence-electron chi connectivity index (χ0n) is 25.0. The van der Waals surface area contributed by atoms with Gasteiger partial charge in [0.15, 0.2) is 0 Å². The van der Waals surface area contributed by atoms with E-state index in [1.54, 1.807) is 42.5 Å². The lowest BCUT2D eigenvalue weighted by Crippen LogP contribution is -2.46. The van der Waals surface area contributed by atoms with Gasteiger partial charge in [-0.1, -0.05) is 11.2 Å². The maximum atomic E-state index is 14.8. The summed E-state index contributed by atoms with van der Waals surface area (Å²) in [7, 11) is 1.83. The van der Waals surface area contributed by atoms with Crippen LogP contribution < -0.4 is 15.5 Å². The molecule has 0 saturated carbocycles. The summed E-state index contributed by atoms with van der Waals surface area (Å²) in [5, 5.41) is 10.2. The summed E-state index contributed by atoms with van der Waals surface area (Å²) in [5.74, 6) is -3.25. The van der Waals surface area contributed by atoms with Crippen LogP contribution in [0.1, 0.15) is 35.5 Å². The van der Waals surface area contributed by atoms with Crippen LogP contribution in [-0.2, 0) is 13.1 Å². The number of fused-ring (bicyclic) bond motifs is 1. The van der Waals surface area contributed by atoms with Crippen molar-refractivity contribution in [2.45, 2.75) is 56.7 Å². The van der Waals surface area contributed by atoms with Crippen LogP contribution in [0.2, 0.25) is 0 Å². The molecule has 2 N–H and O–H groups in total. The molecule has 2 aliphatic rings. The van der Waals surface area contributed by atoms with Crippen LogP contribution in [0.5, 0.6) is 0 Å². The van der Waals surface area contributed by atoms with Crippen molar-refractivity contribution in [3.05, 3.63) is 60.0 Å². The fourth-order valence-corrected chi connectivity index (χ4v) is 5.97. The molecule has 2 atom stereocenters. The number of hydrogen-bond acceptors (Lipinski definition) is 7. The molecule has 4 aromatic rings. The minimum Gasteiger partial charge on any atom is -0.379 e. The Morgan fingerprint density at radius 2 is 1.83 bits per heavy atom. The lowest BCUT2D eigenvalue weighted by atomic mass is 10.0. The quantitative estimate of drug-likeness (QED) is 0.231. The first-order chi connectivity index (χ1) is 21.8. The van der Waals surface area contributed by atoms with Gasteiger partial charge in [-0.25, -0.2) is 13.2 Å². The van der Waals surface area contributed by atoms with Crippen molar-refractivity contribution in [1.29, 1.82) is 0 Å². The minimum atomic E-state index is -4.56. The highest BCUT2D eigenvalue weighted by atomic mass is 19.4. The topological polar surface area (TPSA) is 91.5 Å². The summed E-state index contributed by atoms with van der Waals surface area (Å²) < 4.78 is 89.2. The number of carbonyl (C=O) groups is 1. The Kier molecular flexibility index (Phi) is 8.61. The maximum absolute atomic E-state index is 14.8. The Morgan fingerprint density at radius 1 is 1.09 bits per heavy atom. The second-order valence-electron chi connectivity index (χ2n) is 11.9. The lowest BCUT2D eigenvalue weighted by molar-refractivity contribution is -0.139. The Morgan fingerprint density at radius 3 is 2.52 bits per heavy atom. The summed E-state index contributed by atoms with van der Waals surface area (Å²) in [6.45, 7) is -0.128. The van der Waals surface area contributed by atoms with Crippen LogP contribution in [0, 0.1) is 0 Å². The molecular formula is C31H33F6N7O2. The predicted molar refractivity (Wildman–Crippen MR) is 160 cm³/mol. The molecular weight excluding hydrogens is 616 g/mol. The van der Waals surface area contributed by atoms with Crippen molar-refractivity contribution in [1.82, 2.24) is 24.9 Å². The molecule has 2 aromatic carbocycles. The summed E-state index contributed by atoms with van der Waals surface area (Å²) >= 11 is 0. The second-order valence-corrected chi connectivity index (χ2v) is 11.9. The van der Waals surface area contributed by atoms with Gasteiger partial charge in [0.05, 0.1) is 23.8 Å². The SMILES string of the molecule is CN1CC[C@@H](Nc2cccc3c2cc(-c2noc(CNC(=O)c4ccc(N5CCC(F)(F)CC5)cc4)n2)n3CC(F)(F)F)[C@@H](F)C1. The van der Waals surface area contributed by atoms with Gasteiger partial charge >= 0.3 is 6.18 Å². The molecule has 0 bridgehead atoms. The van der Waals surface area contributed by atoms with Crippen molar-refractivity contribution in [2.24, 2.45) is 0 Å². The van der Waals surface area contributed by atoms with E-state index >= 15 is 0 Å². The van der Waals surface area contributed by atoms with Crippen LogP contribution >= 0.6 is 0 Å². The van der Waals surface area contributed by atoms with E-state index in [1.807, 2.05) is 16.8 Å². The fourth-order valence-electron chi connectivity index (χ4n) is 5.97. The average molecular weight is 650 g/mol. The van der Waals surface area contributed by atoms with Crippen LogP contribution in [0.15, 0.2) is 53.1 Å². The molecule has 9 nitrogen and oxygen atoms in total. The highest BCUT2D eigenvalue weighted by Gasteiger charge is 2.34. The molecule has 0 aliphatic carbocycles. The maximum Gasteiger partial charge on any atom is 0.406 e. The molecule has 2 aromatic heterocycles. The molecule has 15 heteroatoms. The summed E-state index contributed by atoms with van der Waals surface area (Å²) in [6.07, 6.45) is -5.63. The van der Waals surface area contributed by atoms with Crippen molar-refractivity contribution in [2.75, 3.05) is 43.4 Å². The third kappa shape index (κ3) is 7.08. The monoisotopic (exact) mass is 649 g/mol. The average Bonchev–Trinajstić information content (AvgIpc) is 3.62. The molecule has 0 radical (unpaired) electrons. The minimum absolute atomic E-state index is 0.0250. The number of nitrogens with zero attached hydrogens (tertiary/aromatic N) is 5. The number of rotatable bonds is 8. The van der Waals surface area contributed by atoms with Gasteiger partial charge < -0.3 is 29.5 Å². The Labute approximate surface area is 260 Å². The van der Waals surface area contributed by atoms with Crippen LogP contribution in [0.4, 0.5) is 37.7 Å². The van der Waals surface area contributed by atoms with Crippen molar-refractivity contribution >= 4 is 28.2 Å². The number of aromatic nitrogens is 3. The van der Waals surface area contributed by atoms with Gasteiger partial charge in [-0.2, -0.15) is 18.2 Å². The second kappa shape index (κ2) is 12.5. The summed E-state index contributed by atoms with van der Waals surface area (Å²) in [5.41, 5.74) is 1.86. The van der Waals surface area contributed by atoms with Gasteiger partial charge in [-0.05, 0) is 55.9 Å². The molecule has 246 valence electrons. The van der Waals surface area contributed by atoms with Gasteiger partial charge in [-0.15, -0.1) is 0 Å². The van der Waals surface area contributed by atoms with Crippen LogP contribution in [0.3, 0.4) is 0 Å². The number of alkyl halides is 6. The number of amides is 1. The van der Waals surface area contributed by atoms with E-state index in [4.69, 9.17) is 4.52 Å². The number of likely N-dealkylation sites (tertiary alicyclic amines) is 1. The van der Waals surface area contributed by atoms with E-state index in [2.05, 4.69) is 20.8 Å². The molecule has 46 heavy (non-hydrogen) atoms. The molecule has 2 aliphatic heterocycles. The van der Waals surface area contributed by atoms with Gasteiger partial charge in [0.2, 0.25) is 11.7 Å². The summed E-state index contributed by atoms with van der Waals surface area (Å²) in [4.78, 5) is 20.7. The smallest absolute Gasteiger partial charge is 0.379 e. The molecule has 1 amide bonds. The van der Waals surface area contributed by atoms with Crippen molar-refractivity contribution in [3.63, 3.8) is 0 Å².